The summed E-state index contributed by atoms with van der Waals surface area (Å²) in [6.45, 7) is 0. The highest BCUT2D eigenvalue weighted by atomic mass is 35.5. The van der Waals surface area contributed by atoms with E-state index >= 15 is 0 Å². The molecule has 0 bridgehead atoms. The van der Waals surface area contributed by atoms with Gasteiger partial charge in [-0.15, -0.1) is 0 Å². The second-order valence-electron chi connectivity index (χ2n) is 6.81. The molecule has 1 saturated carbocycles. The monoisotopic (exact) mass is 389 g/mol. The second kappa shape index (κ2) is 6.73. The van der Waals surface area contributed by atoms with Crippen LogP contribution in [0.2, 0.25) is 5.02 Å². The Morgan fingerprint density at radius 2 is 1.96 bits per heavy atom. The molecular formula is C21H16ClN5O. The smallest absolute Gasteiger partial charge is 0.228 e. The van der Waals surface area contributed by atoms with Gasteiger partial charge in [0.15, 0.2) is 5.65 Å². The average molecular weight is 390 g/mol. The van der Waals surface area contributed by atoms with Gasteiger partial charge in [-0.25, -0.2) is 14.5 Å². The van der Waals surface area contributed by atoms with Gasteiger partial charge >= 0.3 is 0 Å². The molecule has 138 valence electrons. The Kier molecular flexibility index (Phi) is 4.06. The van der Waals surface area contributed by atoms with Crippen molar-refractivity contribution in [3.63, 3.8) is 0 Å². The van der Waals surface area contributed by atoms with Crippen molar-refractivity contribution in [3.8, 4) is 22.5 Å². The van der Waals surface area contributed by atoms with Crippen LogP contribution in [-0.4, -0.2) is 25.5 Å². The van der Waals surface area contributed by atoms with Crippen LogP contribution in [0.5, 0.6) is 0 Å². The second-order valence-corrected chi connectivity index (χ2v) is 7.24. The van der Waals surface area contributed by atoms with Gasteiger partial charge in [0, 0.05) is 34.5 Å². The van der Waals surface area contributed by atoms with Crippen molar-refractivity contribution in [2.24, 2.45) is 5.92 Å². The molecule has 7 heteroatoms. The highest BCUT2D eigenvalue weighted by molar-refractivity contribution is 6.30. The first-order valence-electron chi connectivity index (χ1n) is 9.06. The summed E-state index contributed by atoms with van der Waals surface area (Å²) in [5.41, 5.74) is 4.08. The molecule has 0 spiro atoms. The van der Waals surface area contributed by atoms with E-state index in [0.717, 1.165) is 41.0 Å². The summed E-state index contributed by atoms with van der Waals surface area (Å²) in [6, 6.07) is 15.1. The van der Waals surface area contributed by atoms with Crippen molar-refractivity contribution in [1.29, 1.82) is 0 Å². The van der Waals surface area contributed by atoms with E-state index in [1.54, 1.807) is 16.9 Å². The topological polar surface area (TPSA) is 72.2 Å². The number of rotatable bonds is 4. The van der Waals surface area contributed by atoms with Crippen molar-refractivity contribution >= 4 is 29.0 Å². The molecular weight excluding hydrogens is 374 g/mol. The molecule has 3 aromatic heterocycles. The third-order valence-electron chi connectivity index (χ3n) is 4.72. The van der Waals surface area contributed by atoms with Crippen LogP contribution in [0.15, 0.2) is 60.9 Å². The van der Waals surface area contributed by atoms with Gasteiger partial charge in [-0.05, 0) is 49.2 Å². The molecule has 1 aromatic carbocycles. The number of nitrogens with zero attached hydrogens (tertiary/aromatic N) is 4. The van der Waals surface area contributed by atoms with E-state index in [9.17, 15) is 4.79 Å². The van der Waals surface area contributed by atoms with Crippen LogP contribution in [0.25, 0.3) is 28.2 Å². The fourth-order valence-electron chi connectivity index (χ4n) is 3.20. The number of anilines is 1. The summed E-state index contributed by atoms with van der Waals surface area (Å²) in [5, 5.41) is 8.01. The van der Waals surface area contributed by atoms with E-state index < -0.39 is 0 Å². The zero-order valence-corrected chi connectivity index (χ0v) is 15.6. The van der Waals surface area contributed by atoms with Crippen molar-refractivity contribution in [2.45, 2.75) is 12.8 Å². The van der Waals surface area contributed by atoms with Crippen LogP contribution in [0.1, 0.15) is 12.8 Å². The van der Waals surface area contributed by atoms with Gasteiger partial charge in [0.2, 0.25) is 5.91 Å². The van der Waals surface area contributed by atoms with E-state index in [1.807, 2.05) is 48.5 Å². The Morgan fingerprint density at radius 1 is 1.07 bits per heavy atom. The zero-order valence-electron chi connectivity index (χ0n) is 14.8. The highest BCUT2D eigenvalue weighted by Gasteiger charge is 2.30. The molecule has 4 aromatic rings. The molecule has 0 aliphatic heterocycles. The number of halogens is 1. The third kappa shape index (κ3) is 3.12. The number of imidazole rings is 1. The fourth-order valence-corrected chi connectivity index (χ4v) is 3.40. The Balaban J connectivity index is 1.65. The predicted octanol–water partition coefficient (Wildman–Crippen LogP) is 4.46. The average Bonchev–Trinajstić information content (AvgIpc) is 3.48. The van der Waals surface area contributed by atoms with Crippen molar-refractivity contribution < 1.29 is 4.79 Å². The zero-order chi connectivity index (χ0) is 19.1. The van der Waals surface area contributed by atoms with E-state index in [1.165, 1.54) is 0 Å². The van der Waals surface area contributed by atoms with Crippen LogP contribution >= 0.6 is 11.6 Å². The van der Waals surface area contributed by atoms with E-state index in [2.05, 4.69) is 15.4 Å². The molecule has 1 aliphatic rings. The van der Waals surface area contributed by atoms with Crippen molar-refractivity contribution in [1.82, 2.24) is 19.6 Å². The molecule has 3 heterocycles. The minimum Gasteiger partial charge on any atom is -0.310 e. The quantitative estimate of drug-likeness (QED) is 0.559. The first kappa shape index (κ1) is 16.9. The van der Waals surface area contributed by atoms with Crippen molar-refractivity contribution in [2.75, 3.05) is 5.32 Å². The molecule has 1 aliphatic carbocycles. The van der Waals surface area contributed by atoms with Crippen LogP contribution in [-0.2, 0) is 4.79 Å². The van der Waals surface area contributed by atoms with Gasteiger partial charge < -0.3 is 5.32 Å². The van der Waals surface area contributed by atoms with Gasteiger partial charge in [0.05, 0.1) is 5.69 Å². The maximum absolute atomic E-state index is 12.1. The molecule has 0 atom stereocenters. The Labute approximate surface area is 166 Å². The standard InChI is InChI=1S/C21H16ClN5O/c22-16-4-1-3-14(11-16)19-20(27-18(26-19)5-2-9-24-27)15-8-10-23-17(12-15)25-21(28)13-6-7-13/h1-5,8-13H,6-7H2,(H,23,25,28). The molecule has 1 N–H and O–H groups in total. The number of fused-ring (bicyclic) bond motifs is 1. The number of hydrogen-bond acceptors (Lipinski definition) is 4. The molecule has 0 saturated heterocycles. The SMILES string of the molecule is O=C(Nc1cc(-c2c(-c3cccc(Cl)c3)nc3cccnn23)ccn1)C1CC1. The first-order chi connectivity index (χ1) is 13.7. The summed E-state index contributed by atoms with van der Waals surface area (Å²) >= 11 is 6.20. The predicted molar refractivity (Wildman–Crippen MR) is 108 cm³/mol. The lowest BCUT2D eigenvalue weighted by molar-refractivity contribution is -0.117. The third-order valence-corrected chi connectivity index (χ3v) is 4.96. The van der Waals surface area contributed by atoms with Crippen LogP contribution in [0, 0.1) is 5.92 Å². The maximum atomic E-state index is 12.1. The van der Waals surface area contributed by atoms with Gasteiger partial charge in [0.25, 0.3) is 0 Å². The number of nitrogens with one attached hydrogen (secondary N) is 1. The summed E-state index contributed by atoms with van der Waals surface area (Å²) < 4.78 is 1.79. The Bertz CT molecular complexity index is 1200. The Hall–Kier alpha value is -3.25. The number of hydrogen-bond donors (Lipinski definition) is 1. The van der Waals surface area contributed by atoms with Gasteiger partial charge in [0.1, 0.15) is 11.5 Å². The normalized spacial score (nSPS) is 13.6. The number of pyridine rings is 1. The van der Waals surface area contributed by atoms with E-state index in [4.69, 9.17) is 16.6 Å². The largest absolute Gasteiger partial charge is 0.310 e. The van der Waals surface area contributed by atoms with Crippen LogP contribution in [0.3, 0.4) is 0 Å². The molecule has 0 radical (unpaired) electrons. The number of aromatic nitrogens is 4. The van der Waals surface area contributed by atoms with Crippen LogP contribution in [0.4, 0.5) is 5.82 Å². The molecule has 0 unspecified atom stereocenters. The minimum absolute atomic E-state index is 0.0241. The van der Waals surface area contributed by atoms with Crippen molar-refractivity contribution in [3.05, 3.63) is 65.9 Å². The minimum atomic E-state index is 0.0241. The maximum Gasteiger partial charge on any atom is 0.228 e. The van der Waals surface area contributed by atoms with E-state index in [-0.39, 0.29) is 11.8 Å². The Morgan fingerprint density at radius 3 is 2.79 bits per heavy atom. The number of carbonyl (C=O) groups excluding carboxylic acids is 1. The molecule has 28 heavy (non-hydrogen) atoms. The van der Waals surface area contributed by atoms with Gasteiger partial charge in [-0.1, -0.05) is 23.7 Å². The molecule has 6 nitrogen and oxygen atoms in total. The summed E-state index contributed by atoms with van der Waals surface area (Å²) in [6.07, 6.45) is 5.29. The molecule has 5 rings (SSSR count). The van der Waals surface area contributed by atoms with E-state index in [0.29, 0.717) is 10.8 Å². The lowest BCUT2D eigenvalue weighted by atomic mass is 10.1. The fraction of sp³-hybridized carbons (Fsp3) is 0.143. The highest BCUT2D eigenvalue weighted by Crippen LogP contribution is 2.34. The van der Waals surface area contributed by atoms with Gasteiger partial charge in [-0.3, -0.25) is 4.79 Å². The lowest BCUT2D eigenvalue weighted by Gasteiger charge is -2.08. The summed E-state index contributed by atoms with van der Waals surface area (Å²) in [7, 11) is 0. The molecule has 1 fully saturated rings. The summed E-state index contributed by atoms with van der Waals surface area (Å²) in [4.78, 5) is 21.2. The lowest BCUT2D eigenvalue weighted by Crippen LogP contribution is -2.14. The number of amides is 1. The first-order valence-corrected chi connectivity index (χ1v) is 9.44. The summed E-state index contributed by atoms with van der Waals surface area (Å²) in [5.74, 6) is 0.665. The number of carbonyl (C=O) groups is 1. The van der Waals surface area contributed by atoms with Gasteiger partial charge in [-0.2, -0.15) is 5.10 Å². The molecule has 1 amide bonds. The number of benzene rings is 1. The van der Waals surface area contributed by atoms with Crippen LogP contribution < -0.4 is 5.32 Å².